The second kappa shape index (κ2) is 8.14. The Morgan fingerprint density at radius 3 is 2.21 bits per heavy atom. The monoisotopic (exact) mass is 383 g/mol. The first-order chi connectivity index (χ1) is 13.5. The van der Waals surface area contributed by atoms with Gasteiger partial charge in [-0.05, 0) is 74.8 Å². The summed E-state index contributed by atoms with van der Waals surface area (Å²) >= 11 is 0. The number of rotatable bonds is 8. The Balaban J connectivity index is 1.15. The molecule has 0 aliphatic heterocycles. The largest absolute Gasteiger partial charge is 0.375 e. The number of nitrogens with one attached hydrogen (secondary N) is 2. The average molecular weight is 384 g/mol. The topological polar surface area (TPSA) is 61.4 Å². The molecular formula is C23H33N3O2. The molecule has 5 rings (SSSR count). The van der Waals surface area contributed by atoms with E-state index < -0.39 is 0 Å². The number of para-hydroxylation sites is 1. The van der Waals surface area contributed by atoms with Crippen LogP contribution in [0.1, 0.15) is 44.9 Å². The quantitative estimate of drug-likeness (QED) is 0.679. The molecule has 28 heavy (non-hydrogen) atoms. The third-order valence-corrected chi connectivity index (χ3v) is 7.12. The van der Waals surface area contributed by atoms with Crippen molar-refractivity contribution in [1.82, 2.24) is 10.6 Å². The number of amides is 2. The zero-order valence-electron chi connectivity index (χ0n) is 17.0. The van der Waals surface area contributed by atoms with Crippen LogP contribution in [-0.2, 0) is 9.59 Å². The van der Waals surface area contributed by atoms with E-state index in [-0.39, 0.29) is 23.8 Å². The summed E-state index contributed by atoms with van der Waals surface area (Å²) in [5.41, 5.74) is 1.00. The molecule has 0 heterocycles. The van der Waals surface area contributed by atoms with Crippen molar-refractivity contribution in [1.29, 1.82) is 0 Å². The van der Waals surface area contributed by atoms with Crippen molar-refractivity contribution in [2.45, 2.75) is 44.9 Å². The first-order valence-corrected chi connectivity index (χ1v) is 10.9. The van der Waals surface area contributed by atoms with Gasteiger partial charge in [-0.3, -0.25) is 9.59 Å². The van der Waals surface area contributed by atoms with Crippen molar-refractivity contribution in [3.63, 3.8) is 0 Å². The van der Waals surface area contributed by atoms with Gasteiger partial charge in [-0.25, -0.2) is 0 Å². The van der Waals surface area contributed by atoms with E-state index >= 15 is 0 Å². The summed E-state index contributed by atoms with van der Waals surface area (Å²) in [6.45, 7) is 1.61. The van der Waals surface area contributed by atoms with Crippen LogP contribution < -0.4 is 15.5 Å². The number of hydrogen-bond acceptors (Lipinski definition) is 3. The number of carbonyl (C=O) groups excluding carboxylic acids is 2. The lowest BCUT2D eigenvalue weighted by Crippen LogP contribution is -2.54. The van der Waals surface area contributed by atoms with Crippen LogP contribution in [0.2, 0.25) is 0 Å². The average Bonchev–Trinajstić information content (AvgIpc) is 2.69. The predicted molar refractivity (Wildman–Crippen MR) is 111 cm³/mol. The summed E-state index contributed by atoms with van der Waals surface area (Å²) in [6.07, 6.45) is 7.97. The van der Waals surface area contributed by atoms with Crippen LogP contribution in [0.5, 0.6) is 0 Å². The van der Waals surface area contributed by atoms with Crippen molar-refractivity contribution in [2.75, 3.05) is 31.6 Å². The maximum atomic E-state index is 12.9. The minimum Gasteiger partial charge on any atom is -0.375 e. The second-order valence-electron chi connectivity index (χ2n) is 9.34. The maximum absolute atomic E-state index is 12.9. The smallest absolute Gasteiger partial charge is 0.239 e. The Kier molecular flexibility index (Phi) is 5.61. The molecule has 5 heteroatoms. The molecule has 152 valence electrons. The van der Waals surface area contributed by atoms with E-state index in [1.165, 1.54) is 24.9 Å². The molecule has 2 amide bonds. The van der Waals surface area contributed by atoms with Gasteiger partial charge in [0, 0.05) is 31.2 Å². The minimum absolute atomic E-state index is 0.0829. The molecule has 4 fully saturated rings. The summed E-state index contributed by atoms with van der Waals surface area (Å²) in [5, 5.41) is 5.89. The fraction of sp³-hybridized carbons (Fsp3) is 0.652. The lowest BCUT2D eigenvalue weighted by atomic mass is 9.49. The SMILES string of the molecule is CN(CCCNC(=O)CNC(=O)C12CC3CC(CC(C3)C1)C2)c1ccccc1. The van der Waals surface area contributed by atoms with Gasteiger partial charge in [-0.15, -0.1) is 0 Å². The third kappa shape index (κ3) is 4.18. The van der Waals surface area contributed by atoms with Crippen LogP contribution in [0.15, 0.2) is 30.3 Å². The van der Waals surface area contributed by atoms with Gasteiger partial charge in [0.15, 0.2) is 0 Å². The molecule has 4 aliphatic rings. The molecule has 5 nitrogen and oxygen atoms in total. The van der Waals surface area contributed by atoms with E-state index in [0.717, 1.165) is 50.0 Å². The van der Waals surface area contributed by atoms with Crippen LogP contribution in [0.3, 0.4) is 0 Å². The maximum Gasteiger partial charge on any atom is 0.239 e. The molecular weight excluding hydrogens is 350 g/mol. The highest BCUT2D eigenvalue weighted by molar-refractivity contribution is 5.88. The summed E-state index contributed by atoms with van der Waals surface area (Å²) in [6, 6.07) is 10.2. The summed E-state index contributed by atoms with van der Waals surface area (Å²) in [7, 11) is 2.06. The van der Waals surface area contributed by atoms with Crippen LogP contribution in [-0.4, -0.2) is 38.5 Å². The molecule has 1 aromatic rings. The van der Waals surface area contributed by atoms with Crippen LogP contribution in [0, 0.1) is 23.2 Å². The van der Waals surface area contributed by atoms with E-state index in [2.05, 4.69) is 34.7 Å². The second-order valence-corrected chi connectivity index (χ2v) is 9.34. The van der Waals surface area contributed by atoms with Gasteiger partial charge in [0.2, 0.25) is 11.8 Å². The van der Waals surface area contributed by atoms with Gasteiger partial charge >= 0.3 is 0 Å². The minimum atomic E-state index is -0.173. The lowest BCUT2D eigenvalue weighted by molar-refractivity contribution is -0.147. The Morgan fingerprint density at radius 1 is 1.00 bits per heavy atom. The van der Waals surface area contributed by atoms with E-state index in [9.17, 15) is 9.59 Å². The third-order valence-electron chi connectivity index (χ3n) is 7.12. The standard InChI is InChI=1S/C23H33N3O2/c1-26(20-6-3-2-4-7-20)9-5-8-24-21(27)16-25-22(28)23-13-17-10-18(14-23)12-19(11-17)15-23/h2-4,6-7,17-19H,5,8-16H2,1H3,(H,24,27)(H,25,28). The molecule has 1 aromatic carbocycles. The van der Waals surface area contributed by atoms with Gasteiger partial charge in [-0.1, -0.05) is 18.2 Å². The molecule has 4 bridgehead atoms. The predicted octanol–water partition coefficient (Wildman–Crippen LogP) is 2.96. The first-order valence-electron chi connectivity index (χ1n) is 10.9. The van der Waals surface area contributed by atoms with Crippen LogP contribution in [0.25, 0.3) is 0 Å². The summed E-state index contributed by atoms with van der Waals surface area (Å²) in [5.74, 6) is 2.28. The van der Waals surface area contributed by atoms with Crippen molar-refractivity contribution in [2.24, 2.45) is 23.2 Å². The molecule has 0 radical (unpaired) electrons. The van der Waals surface area contributed by atoms with Crippen molar-refractivity contribution >= 4 is 17.5 Å². The number of hydrogen-bond donors (Lipinski definition) is 2. The molecule has 0 aromatic heterocycles. The Labute approximate surface area is 168 Å². The molecule has 0 unspecified atom stereocenters. The van der Waals surface area contributed by atoms with Crippen LogP contribution >= 0.6 is 0 Å². The normalized spacial score (nSPS) is 30.1. The zero-order valence-corrected chi connectivity index (χ0v) is 17.0. The highest BCUT2D eigenvalue weighted by Gasteiger charge is 2.54. The van der Waals surface area contributed by atoms with Gasteiger partial charge < -0.3 is 15.5 Å². The molecule has 2 N–H and O–H groups in total. The van der Waals surface area contributed by atoms with E-state index in [1.54, 1.807) is 0 Å². The lowest BCUT2D eigenvalue weighted by Gasteiger charge is -2.55. The fourth-order valence-electron chi connectivity index (χ4n) is 6.15. The van der Waals surface area contributed by atoms with Gasteiger partial charge in [-0.2, -0.15) is 0 Å². The van der Waals surface area contributed by atoms with Gasteiger partial charge in [0.05, 0.1) is 6.54 Å². The molecule has 0 saturated heterocycles. The zero-order chi connectivity index (χ0) is 19.6. The van der Waals surface area contributed by atoms with Crippen molar-refractivity contribution in [3.8, 4) is 0 Å². The van der Waals surface area contributed by atoms with E-state index in [0.29, 0.717) is 6.54 Å². The van der Waals surface area contributed by atoms with E-state index in [4.69, 9.17) is 0 Å². The first kappa shape index (κ1) is 19.3. The molecule has 0 spiro atoms. The van der Waals surface area contributed by atoms with Crippen molar-refractivity contribution < 1.29 is 9.59 Å². The summed E-state index contributed by atoms with van der Waals surface area (Å²) in [4.78, 5) is 27.2. The van der Waals surface area contributed by atoms with Gasteiger partial charge in [0.1, 0.15) is 0 Å². The highest BCUT2D eigenvalue weighted by atomic mass is 16.2. The Bertz CT molecular complexity index is 668. The molecule has 4 saturated carbocycles. The molecule has 0 atom stereocenters. The van der Waals surface area contributed by atoms with E-state index in [1.807, 2.05) is 18.2 Å². The van der Waals surface area contributed by atoms with Gasteiger partial charge in [0.25, 0.3) is 0 Å². The Morgan fingerprint density at radius 2 is 1.61 bits per heavy atom. The fourth-order valence-corrected chi connectivity index (χ4v) is 6.15. The molecule has 4 aliphatic carbocycles. The highest BCUT2D eigenvalue weighted by Crippen LogP contribution is 2.60. The number of carbonyl (C=O) groups is 2. The number of nitrogens with zero attached hydrogens (tertiary/aromatic N) is 1. The Hall–Kier alpha value is -2.04. The van der Waals surface area contributed by atoms with Crippen molar-refractivity contribution in [3.05, 3.63) is 30.3 Å². The van der Waals surface area contributed by atoms with Crippen LogP contribution in [0.4, 0.5) is 5.69 Å². The number of anilines is 1. The summed E-state index contributed by atoms with van der Waals surface area (Å²) < 4.78 is 0. The number of benzene rings is 1.